The number of hydrogen-bond donors (Lipinski definition) is 0. The number of benzene rings is 1. The van der Waals surface area contributed by atoms with Gasteiger partial charge in [0.2, 0.25) is 0 Å². The summed E-state index contributed by atoms with van der Waals surface area (Å²) in [5.74, 6) is 0. The van der Waals surface area contributed by atoms with Gasteiger partial charge in [0.1, 0.15) is 0 Å². The standard InChI is InChI=1S/C13H21NO2.C2H6/c1-12-4-6-13(7-5-12)14(8-10-15-2)9-11-16-3;1-2/h4-7H,8-11H2,1-3H3;1-2H3. The lowest BCUT2D eigenvalue weighted by molar-refractivity contribution is 0.190. The lowest BCUT2D eigenvalue weighted by Crippen LogP contribution is -2.30. The van der Waals surface area contributed by atoms with E-state index in [-0.39, 0.29) is 0 Å². The van der Waals surface area contributed by atoms with Gasteiger partial charge in [-0.25, -0.2) is 0 Å². The molecule has 1 aromatic rings. The Morgan fingerprint density at radius 2 is 1.33 bits per heavy atom. The van der Waals surface area contributed by atoms with E-state index in [1.165, 1.54) is 11.3 Å². The van der Waals surface area contributed by atoms with Crippen LogP contribution >= 0.6 is 0 Å². The van der Waals surface area contributed by atoms with Gasteiger partial charge in [0, 0.05) is 33.0 Å². The Kier molecular flexibility index (Phi) is 10.4. The van der Waals surface area contributed by atoms with E-state index in [4.69, 9.17) is 9.47 Å². The van der Waals surface area contributed by atoms with Crippen molar-refractivity contribution in [3.05, 3.63) is 29.8 Å². The molecule has 0 aromatic heterocycles. The zero-order valence-electron chi connectivity index (χ0n) is 12.4. The molecule has 1 rings (SSSR count). The minimum Gasteiger partial charge on any atom is -0.383 e. The number of nitrogens with zero attached hydrogens (tertiary/aromatic N) is 1. The average Bonchev–Trinajstić information content (AvgIpc) is 2.43. The number of aryl methyl sites for hydroxylation is 1. The number of anilines is 1. The largest absolute Gasteiger partial charge is 0.383 e. The van der Waals surface area contributed by atoms with Gasteiger partial charge in [-0.2, -0.15) is 0 Å². The minimum absolute atomic E-state index is 0.734. The molecule has 1 aromatic carbocycles. The van der Waals surface area contributed by atoms with E-state index in [1.54, 1.807) is 14.2 Å². The molecule has 3 heteroatoms. The first-order chi connectivity index (χ1) is 8.77. The van der Waals surface area contributed by atoms with Crippen LogP contribution in [0.3, 0.4) is 0 Å². The van der Waals surface area contributed by atoms with Crippen LogP contribution in [-0.4, -0.2) is 40.5 Å². The molecule has 0 saturated heterocycles. The molecule has 0 radical (unpaired) electrons. The van der Waals surface area contributed by atoms with Crippen LogP contribution in [0, 0.1) is 6.92 Å². The van der Waals surface area contributed by atoms with Crippen LogP contribution in [0.4, 0.5) is 5.69 Å². The van der Waals surface area contributed by atoms with Crippen molar-refractivity contribution in [2.24, 2.45) is 0 Å². The predicted molar refractivity (Wildman–Crippen MR) is 78.5 cm³/mol. The number of methoxy groups -OCH3 is 2. The van der Waals surface area contributed by atoms with Gasteiger partial charge in [-0.1, -0.05) is 31.5 Å². The van der Waals surface area contributed by atoms with E-state index in [2.05, 4.69) is 36.1 Å². The van der Waals surface area contributed by atoms with Gasteiger partial charge in [-0.05, 0) is 19.1 Å². The highest BCUT2D eigenvalue weighted by atomic mass is 16.5. The molecule has 0 aliphatic heterocycles. The van der Waals surface area contributed by atoms with Crippen molar-refractivity contribution in [1.29, 1.82) is 0 Å². The summed E-state index contributed by atoms with van der Waals surface area (Å²) in [7, 11) is 3.45. The molecule has 0 atom stereocenters. The third-order valence-electron chi connectivity index (χ3n) is 2.53. The normalized spacial score (nSPS) is 9.61. The lowest BCUT2D eigenvalue weighted by atomic mass is 10.2. The second kappa shape index (κ2) is 11.1. The quantitative estimate of drug-likeness (QED) is 0.745. The minimum atomic E-state index is 0.734. The monoisotopic (exact) mass is 253 g/mol. The Labute approximate surface area is 112 Å². The first kappa shape index (κ1) is 16.9. The highest BCUT2D eigenvalue weighted by molar-refractivity contribution is 5.47. The molecular formula is C15H27NO2. The van der Waals surface area contributed by atoms with Gasteiger partial charge in [0.05, 0.1) is 13.2 Å². The summed E-state index contributed by atoms with van der Waals surface area (Å²) in [6.07, 6.45) is 0. The van der Waals surface area contributed by atoms with Gasteiger partial charge in [0.15, 0.2) is 0 Å². The van der Waals surface area contributed by atoms with Gasteiger partial charge in [-0.15, -0.1) is 0 Å². The van der Waals surface area contributed by atoms with Crippen LogP contribution in [0.25, 0.3) is 0 Å². The van der Waals surface area contributed by atoms with E-state index in [9.17, 15) is 0 Å². The Morgan fingerprint density at radius 1 is 0.889 bits per heavy atom. The van der Waals surface area contributed by atoms with Crippen molar-refractivity contribution in [2.45, 2.75) is 20.8 Å². The maximum absolute atomic E-state index is 5.12. The maximum Gasteiger partial charge on any atom is 0.0637 e. The second-order valence-corrected chi connectivity index (χ2v) is 3.81. The maximum atomic E-state index is 5.12. The predicted octanol–water partition coefficient (Wildman–Crippen LogP) is 3.12. The van der Waals surface area contributed by atoms with Crippen molar-refractivity contribution in [3.8, 4) is 0 Å². The fraction of sp³-hybridized carbons (Fsp3) is 0.600. The summed E-state index contributed by atoms with van der Waals surface area (Å²) in [5.41, 5.74) is 2.50. The average molecular weight is 253 g/mol. The van der Waals surface area contributed by atoms with E-state index in [0.29, 0.717) is 0 Å². The zero-order valence-corrected chi connectivity index (χ0v) is 12.4. The van der Waals surface area contributed by atoms with Crippen molar-refractivity contribution >= 4 is 5.69 Å². The fourth-order valence-electron chi connectivity index (χ4n) is 1.53. The second-order valence-electron chi connectivity index (χ2n) is 3.81. The highest BCUT2D eigenvalue weighted by Crippen LogP contribution is 2.14. The van der Waals surface area contributed by atoms with Crippen molar-refractivity contribution < 1.29 is 9.47 Å². The first-order valence-corrected chi connectivity index (χ1v) is 6.57. The molecule has 0 N–H and O–H groups in total. The zero-order chi connectivity index (χ0) is 13.8. The lowest BCUT2D eigenvalue weighted by Gasteiger charge is -2.24. The van der Waals surface area contributed by atoms with Gasteiger partial charge in [-0.3, -0.25) is 0 Å². The van der Waals surface area contributed by atoms with Crippen LogP contribution in [0.2, 0.25) is 0 Å². The first-order valence-electron chi connectivity index (χ1n) is 6.57. The topological polar surface area (TPSA) is 21.7 Å². The molecule has 0 fully saturated rings. The molecule has 0 aliphatic carbocycles. The summed E-state index contributed by atoms with van der Waals surface area (Å²) >= 11 is 0. The van der Waals surface area contributed by atoms with Crippen molar-refractivity contribution in [1.82, 2.24) is 0 Å². The third-order valence-corrected chi connectivity index (χ3v) is 2.53. The molecule has 0 amide bonds. The van der Waals surface area contributed by atoms with E-state index >= 15 is 0 Å². The smallest absolute Gasteiger partial charge is 0.0637 e. The molecule has 0 saturated carbocycles. The summed E-state index contributed by atoms with van der Waals surface area (Å²) in [4.78, 5) is 2.27. The summed E-state index contributed by atoms with van der Waals surface area (Å²) in [6, 6.07) is 8.53. The summed E-state index contributed by atoms with van der Waals surface area (Å²) < 4.78 is 10.2. The molecule has 18 heavy (non-hydrogen) atoms. The van der Waals surface area contributed by atoms with Crippen LogP contribution in [-0.2, 0) is 9.47 Å². The van der Waals surface area contributed by atoms with Crippen LogP contribution < -0.4 is 4.90 Å². The molecule has 0 aliphatic rings. The van der Waals surface area contributed by atoms with Crippen LogP contribution in [0.5, 0.6) is 0 Å². The molecule has 0 unspecified atom stereocenters. The van der Waals surface area contributed by atoms with E-state index in [0.717, 1.165) is 26.3 Å². The molecule has 0 spiro atoms. The van der Waals surface area contributed by atoms with Crippen molar-refractivity contribution in [3.63, 3.8) is 0 Å². The Balaban J connectivity index is 0.00000137. The molecule has 0 heterocycles. The SMILES string of the molecule is CC.COCCN(CCOC)c1ccc(C)cc1. The van der Waals surface area contributed by atoms with Crippen LogP contribution in [0.1, 0.15) is 19.4 Å². The van der Waals surface area contributed by atoms with Crippen LogP contribution in [0.15, 0.2) is 24.3 Å². The van der Waals surface area contributed by atoms with E-state index in [1.807, 2.05) is 13.8 Å². The Morgan fingerprint density at radius 3 is 1.72 bits per heavy atom. The van der Waals surface area contributed by atoms with Gasteiger partial charge in [0.25, 0.3) is 0 Å². The molecule has 0 bridgehead atoms. The fourth-order valence-corrected chi connectivity index (χ4v) is 1.53. The highest BCUT2D eigenvalue weighted by Gasteiger charge is 2.05. The Bertz CT molecular complexity index is 277. The van der Waals surface area contributed by atoms with E-state index < -0.39 is 0 Å². The molecular weight excluding hydrogens is 226 g/mol. The molecule has 104 valence electrons. The summed E-state index contributed by atoms with van der Waals surface area (Å²) in [6.45, 7) is 9.35. The Hall–Kier alpha value is -1.06. The van der Waals surface area contributed by atoms with Gasteiger partial charge < -0.3 is 14.4 Å². The number of ether oxygens (including phenoxy) is 2. The third kappa shape index (κ3) is 6.62. The van der Waals surface area contributed by atoms with Gasteiger partial charge >= 0.3 is 0 Å². The summed E-state index contributed by atoms with van der Waals surface area (Å²) in [5, 5.41) is 0. The number of rotatable bonds is 7. The van der Waals surface area contributed by atoms with Crippen molar-refractivity contribution in [2.75, 3.05) is 45.4 Å². The molecule has 3 nitrogen and oxygen atoms in total. The number of hydrogen-bond acceptors (Lipinski definition) is 3.